The molecule has 31 heavy (non-hydrogen) atoms. The fourth-order valence-electron chi connectivity index (χ4n) is 3.57. The van der Waals surface area contributed by atoms with Gasteiger partial charge >= 0.3 is 0 Å². The van der Waals surface area contributed by atoms with Crippen molar-refractivity contribution in [1.82, 2.24) is 0 Å². The average Bonchev–Trinajstić information content (AvgIpc) is 2.97. The number of Topliss-reactive ketones (excluding diaryl/α,β-unsaturated/α-hetero) is 1. The van der Waals surface area contributed by atoms with Gasteiger partial charge in [0.1, 0.15) is 5.75 Å². The Balaban J connectivity index is 2.14. The van der Waals surface area contributed by atoms with Gasteiger partial charge < -0.3 is 9.84 Å². The van der Waals surface area contributed by atoms with Crippen molar-refractivity contribution in [1.29, 1.82) is 0 Å². The number of hydrogen-bond acceptors (Lipinski definition) is 4. The van der Waals surface area contributed by atoms with Crippen LogP contribution in [0.5, 0.6) is 5.75 Å². The van der Waals surface area contributed by atoms with Crippen LogP contribution in [0.3, 0.4) is 0 Å². The minimum atomic E-state index is -0.753. The van der Waals surface area contributed by atoms with Crippen LogP contribution in [0.1, 0.15) is 51.8 Å². The lowest BCUT2D eigenvalue weighted by Crippen LogP contribution is -2.32. The number of carbonyl (C=O) groups excluding carboxylic acids is 2. The fraction of sp³-hybridized carbons (Fsp3) is 0.385. The smallest absolute Gasteiger partial charge is 0.294 e. The number of nitrogens with zero attached hydrogens (tertiary/aromatic N) is 1. The van der Waals surface area contributed by atoms with E-state index in [9.17, 15) is 14.7 Å². The van der Waals surface area contributed by atoms with E-state index in [1.807, 2.05) is 55.5 Å². The van der Waals surface area contributed by atoms with Crippen LogP contribution >= 0.6 is 0 Å². The van der Waals surface area contributed by atoms with Crippen molar-refractivity contribution < 1.29 is 19.4 Å². The third-order valence-corrected chi connectivity index (χ3v) is 5.20. The Hall–Kier alpha value is -3.08. The van der Waals surface area contributed by atoms with E-state index in [-0.39, 0.29) is 11.4 Å². The molecule has 0 aromatic heterocycles. The molecule has 5 nitrogen and oxygen atoms in total. The van der Waals surface area contributed by atoms with Crippen molar-refractivity contribution in [3.05, 3.63) is 71.0 Å². The lowest BCUT2D eigenvalue weighted by atomic mass is 9.82. The minimum Gasteiger partial charge on any atom is -0.503 e. The minimum absolute atomic E-state index is 0.124. The lowest BCUT2D eigenvalue weighted by Gasteiger charge is -2.29. The molecule has 2 aromatic rings. The Labute approximate surface area is 184 Å². The van der Waals surface area contributed by atoms with Crippen LogP contribution in [-0.4, -0.2) is 23.4 Å². The molecule has 0 bridgehead atoms. The van der Waals surface area contributed by atoms with E-state index in [1.165, 1.54) is 4.90 Å². The molecule has 164 valence electrons. The van der Waals surface area contributed by atoms with Gasteiger partial charge in [-0.15, -0.1) is 0 Å². The number of hydrogen-bond donors (Lipinski definition) is 1. The van der Waals surface area contributed by atoms with Crippen molar-refractivity contribution >= 4 is 17.4 Å². The second kappa shape index (κ2) is 8.58. The van der Waals surface area contributed by atoms with Crippen molar-refractivity contribution in [3.8, 4) is 5.75 Å². The topological polar surface area (TPSA) is 66.8 Å². The summed E-state index contributed by atoms with van der Waals surface area (Å²) >= 11 is 0. The van der Waals surface area contributed by atoms with Crippen LogP contribution in [0.4, 0.5) is 5.69 Å². The Morgan fingerprint density at radius 3 is 2.35 bits per heavy atom. The summed E-state index contributed by atoms with van der Waals surface area (Å²) in [7, 11) is 0. The predicted octanol–water partition coefficient (Wildman–Crippen LogP) is 5.55. The van der Waals surface area contributed by atoms with Crippen molar-refractivity contribution in [2.24, 2.45) is 11.3 Å². The quantitative estimate of drug-likeness (QED) is 0.664. The van der Waals surface area contributed by atoms with Crippen LogP contribution in [0.2, 0.25) is 0 Å². The lowest BCUT2D eigenvalue weighted by molar-refractivity contribution is -0.123. The number of ketones is 1. The van der Waals surface area contributed by atoms with Crippen LogP contribution in [-0.2, 0) is 9.59 Å². The first-order valence-corrected chi connectivity index (χ1v) is 10.6. The number of amides is 1. The first kappa shape index (κ1) is 22.6. The number of carbonyl (C=O) groups is 2. The molecule has 0 saturated heterocycles. The summed E-state index contributed by atoms with van der Waals surface area (Å²) in [6, 6.07) is 14.1. The number of aliphatic hydroxyl groups is 1. The molecule has 0 fully saturated rings. The third kappa shape index (κ3) is 4.66. The van der Waals surface area contributed by atoms with Gasteiger partial charge in [0.25, 0.3) is 5.91 Å². The number of rotatable bonds is 6. The second-order valence-electron chi connectivity index (χ2n) is 9.53. The normalized spacial score (nSPS) is 16.9. The molecular weight excluding hydrogens is 390 g/mol. The molecule has 5 heteroatoms. The highest BCUT2D eigenvalue weighted by Gasteiger charge is 2.46. The molecule has 1 aliphatic rings. The molecular formula is C26H31NO4. The maximum atomic E-state index is 13.3. The summed E-state index contributed by atoms with van der Waals surface area (Å²) < 4.78 is 5.87. The van der Waals surface area contributed by atoms with E-state index in [0.29, 0.717) is 29.5 Å². The highest BCUT2D eigenvalue weighted by molar-refractivity contribution is 6.17. The third-order valence-electron chi connectivity index (χ3n) is 5.20. The van der Waals surface area contributed by atoms with E-state index in [2.05, 4.69) is 13.8 Å². The molecule has 2 aromatic carbocycles. The number of ether oxygens (including phenoxy) is 1. The van der Waals surface area contributed by atoms with Crippen molar-refractivity contribution in [2.75, 3.05) is 11.5 Å². The number of benzene rings is 2. The Morgan fingerprint density at radius 2 is 1.77 bits per heavy atom. The summed E-state index contributed by atoms with van der Waals surface area (Å²) in [5.41, 5.74) is 1.76. The summed E-state index contributed by atoms with van der Waals surface area (Å²) in [5, 5.41) is 10.8. The van der Waals surface area contributed by atoms with Gasteiger partial charge in [0.05, 0.1) is 18.2 Å². The van der Waals surface area contributed by atoms with Crippen molar-refractivity contribution in [3.63, 3.8) is 0 Å². The zero-order valence-corrected chi connectivity index (χ0v) is 19.1. The molecule has 1 amide bonds. The molecule has 3 rings (SSSR count). The molecule has 0 aliphatic carbocycles. The number of aliphatic hydroxyl groups excluding tert-OH is 1. The first-order chi connectivity index (χ1) is 14.5. The van der Waals surface area contributed by atoms with Gasteiger partial charge in [-0.25, -0.2) is 0 Å². The molecule has 0 radical (unpaired) electrons. The Bertz CT molecular complexity index is 1010. The molecule has 1 heterocycles. The van der Waals surface area contributed by atoms with Gasteiger partial charge in [-0.3, -0.25) is 14.5 Å². The summed E-state index contributed by atoms with van der Waals surface area (Å²) in [6.07, 6.45) is 0. The maximum absolute atomic E-state index is 13.3. The van der Waals surface area contributed by atoms with Gasteiger partial charge in [0.15, 0.2) is 11.5 Å². The van der Waals surface area contributed by atoms with Crippen LogP contribution in [0.25, 0.3) is 0 Å². The summed E-state index contributed by atoms with van der Waals surface area (Å²) in [6.45, 7) is 12.0. The van der Waals surface area contributed by atoms with Gasteiger partial charge in [0.2, 0.25) is 0 Å². The standard InChI is InChI=1S/C26H31NO4/c1-16(2)15-31-20-9-7-8-18(14-20)22-21(24(29)26(4,5)6)23(28)25(30)27(22)19-12-10-17(3)11-13-19/h7-14,16,22,28H,15H2,1-6H3. The Morgan fingerprint density at radius 1 is 1.13 bits per heavy atom. The largest absolute Gasteiger partial charge is 0.503 e. The first-order valence-electron chi connectivity index (χ1n) is 10.6. The molecule has 1 N–H and O–H groups in total. The van der Waals surface area contributed by atoms with E-state index in [1.54, 1.807) is 20.8 Å². The number of aryl methyl sites for hydroxylation is 1. The summed E-state index contributed by atoms with van der Waals surface area (Å²) in [4.78, 5) is 28.0. The molecule has 0 spiro atoms. The number of anilines is 1. The van der Waals surface area contributed by atoms with Gasteiger partial charge in [-0.2, -0.15) is 0 Å². The highest BCUT2D eigenvalue weighted by Crippen LogP contribution is 2.44. The fourth-order valence-corrected chi connectivity index (χ4v) is 3.57. The molecule has 1 atom stereocenters. The maximum Gasteiger partial charge on any atom is 0.294 e. The Kier molecular flexibility index (Phi) is 6.25. The van der Waals surface area contributed by atoms with E-state index in [4.69, 9.17) is 4.74 Å². The second-order valence-corrected chi connectivity index (χ2v) is 9.53. The van der Waals surface area contributed by atoms with E-state index in [0.717, 1.165) is 5.56 Å². The van der Waals surface area contributed by atoms with Gasteiger partial charge in [-0.05, 0) is 42.7 Å². The molecule has 0 saturated carbocycles. The van der Waals surface area contributed by atoms with E-state index < -0.39 is 23.1 Å². The van der Waals surface area contributed by atoms with Gasteiger partial charge in [-0.1, -0.05) is 64.4 Å². The molecule has 1 aliphatic heterocycles. The average molecular weight is 422 g/mol. The van der Waals surface area contributed by atoms with Crippen molar-refractivity contribution in [2.45, 2.75) is 47.6 Å². The summed E-state index contributed by atoms with van der Waals surface area (Å²) in [5.74, 6) is -0.292. The predicted molar refractivity (Wildman–Crippen MR) is 122 cm³/mol. The SMILES string of the molecule is Cc1ccc(N2C(=O)C(O)=C(C(=O)C(C)(C)C)C2c2cccc(OCC(C)C)c2)cc1. The zero-order valence-electron chi connectivity index (χ0n) is 19.1. The monoisotopic (exact) mass is 421 g/mol. The van der Waals surface area contributed by atoms with E-state index >= 15 is 0 Å². The van der Waals surface area contributed by atoms with Crippen LogP contribution in [0, 0.1) is 18.3 Å². The zero-order chi connectivity index (χ0) is 22.9. The highest BCUT2D eigenvalue weighted by atomic mass is 16.5. The van der Waals surface area contributed by atoms with Gasteiger partial charge in [0, 0.05) is 11.1 Å². The van der Waals surface area contributed by atoms with Crippen LogP contribution < -0.4 is 9.64 Å². The molecule has 1 unspecified atom stereocenters. The van der Waals surface area contributed by atoms with Crippen LogP contribution in [0.15, 0.2) is 59.9 Å².